The number of anilines is 1. The van der Waals surface area contributed by atoms with E-state index in [1.807, 2.05) is 0 Å². The third kappa shape index (κ3) is 3.60. The van der Waals surface area contributed by atoms with Gasteiger partial charge in [-0.2, -0.15) is 18.3 Å². The molecule has 1 aromatic carbocycles. The lowest BCUT2D eigenvalue weighted by atomic mass is 9.97. The maximum absolute atomic E-state index is 13.7. The van der Waals surface area contributed by atoms with Gasteiger partial charge in [-0.15, -0.1) is 0 Å². The molecule has 2 N–H and O–H groups in total. The van der Waals surface area contributed by atoms with E-state index < -0.39 is 24.2 Å². The SMILES string of the molecule is O=C(NCc1ccco1)c1cc2n(n1)C(C(F)(F)F)CC(c1ccccc1)N2. The maximum Gasteiger partial charge on any atom is 0.410 e. The molecule has 2 aromatic heterocycles. The van der Waals surface area contributed by atoms with Crippen LogP contribution >= 0.6 is 0 Å². The monoisotopic (exact) mass is 390 g/mol. The zero-order chi connectivity index (χ0) is 19.7. The predicted molar refractivity (Wildman–Crippen MR) is 94.6 cm³/mol. The molecule has 0 bridgehead atoms. The van der Waals surface area contributed by atoms with E-state index in [1.54, 1.807) is 42.5 Å². The van der Waals surface area contributed by atoms with Crippen molar-refractivity contribution in [3.8, 4) is 0 Å². The van der Waals surface area contributed by atoms with Gasteiger partial charge >= 0.3 is 6.18 Å². The third-order valence-corrected chi connectivity index (χ3v) is 4.63. The van der Waals surface area contributed by atoms with Gasteiger partial charge in [0.25, 0.3) is 5.91 Å². The summed E-state index contributed by atoms with van der Waals surface area (Å²) in [4.78, 5) is 12.3. The van der Waals surface area contributed by atoms with Crippen LogP contribution in [0.15, 0.2) is 59.2 Å². The summed E-state index contributed by atoms with van der Waals surface area (Å²) in [7, 11) is 0. The van der Waals surface area contributed by atoms with E-state index in [9.17, 15) is 18.0 Å². The van der Waals surface area contributed by atoms with Gasteiger partial charge in [0.1, 0.15) is 11.6 Å². The number of carbonyl (C=O) groups excluding carboxylic acids is 1. The molecule has 1 aliphatic heterocycles. The van der Waals surface area contributed by atoms with Crippen molar-refractivity contribution in [1.29, 1.82) is 0 Å². The van der Waals surface area contributed by atoms with Crippen molar-refractivity contribution < 1.29 is 22.4 Å². The Hall–Kier alpha value is -3.23. The lowest BCUT2D eigenvalue weighted by Gasteiger charge is -2.33. The quantitative estimate of drug-likeness (QED) is 0.705. The summed E-state index contributed by atoms with van der Waals surface area (Å²) in [6, 6.07) is 11.3. The van der Waals surface area contributed by atoms with Crippen molar-refractivity contribution in [1.82, 2.24) is 15.1 Å². The fraction of sp³-hybridized carbons (Fsp3) is 0.263. The molecule has 3 heterocycles. The van der Waals surface area contributed by atoms with Crippen LogP contribution in [0.1, 0.15) is 40.3 Å². The lowest BCUT2D eigenvalue weighted by Crippen LogP contribution is -2.35. The van der Waals surface area contributed by atoms with Gasteiger partial charge in [-0.25, -0.2) is 4.68 Å². The molecule has 2 unspecified atom stereocenters. The fourth-order valence-corrected chi connectivity index (χ4v) is 3.26. The molecule has 9 heteroatoms. The normalized spacial score (nSPS) is 19.0. The van der Waals surface area contributed by atoms with Crippen LogP contribution in [0.3, 0.4) is 0 Å². The number of hydrogen-bond donors (Lipinski definition) is 2. The first-order valence-corrected chi connectivity index (χ1v) is 8.70. The van der Waals surface area contributed by atoms with Gasteiger partial charge in [0, 0.05) is 12.5 Å². The number of rotatable bonds is 4. The second kappa shape index (κ2) is 7.06. The summed E-state index contributed by atoms with van der Waals surface area (Å²) in [5.41, 5.74) is 0.657. The summed E-state index contributed by atoms with van der Waals surface area (Å²) >= 11 is 0. The Morgan fingerprint density at radius 1 is 1.25 bits per heavy atom. The molecule has 0 saturated carbocycles. The van der Waals surface area contributed by atoms with E-state index in [1.165, 1.54) is 12.3 Å². The molecular weight excluding hydrogens is 373 g/mol. The third-order valence-electron chi connectivity index (χ3n) is 4.63. The molecule has 2 atom stereocenters. The summed E-state index contributed by atoms with van der Waals surface area (Å²) in [6.07, 6.45) is -3.23. The van der Waals surface area contributed by atoms with Crippen molar-refractivity contribution in [2.45, 2.75) is 31.2 Å². The number of benzene rings is 1. The average Bonchev–Trinajstić information content (AvgIpc) is 3.34. The van der Waals surface area contributed by atoms with E-state index in [4.69, 9.17) is 4.42 Å². The number of alkyl halides is 3. The van der Waals surface area contributed by atoms with Crippen LogP contribution in [0.5, 0.6) is 0 Å². The highest BCUT2D eigenvalue weighted by atomic mass is 19.4. The van der Waals surface area contributed by atoms with Gasteiger partial charge in [-0.3, -0.25) is 4.79 Å². The van der Waals surface area contributed by atoms with Crippen molar-refractivity contribution >= 4 is 11.7 Å². The maximum atomic E-state index is 13.7. The first kappa shape index (κ1) is 18.1. The van der Waals surface area contributed by atoms with Crippen molar-refractivity contribution in [3.05, 3.63) is 71.8 Å². The molecule has 0 fully saturated rings. The van der Waals surface area contributed by atoms with Gasteiger partial charge in [0.15, 0.2) is 11.7 Å². The highest BCUT2D eigenvalue weighted by molar-refractivity contribution is 5.93. The minimum Gasteiger partial charge on any atom is -0.467 e. The van der Waals surface area contributed by atoms with Gasteiger partial charge in [-0.05, 0) is 17.7 Å². The van der Waals surface area contributed by atoms with E-state index in [2.05, 4.69) is 15.7 Å². The number of nitrogens with one attached hydrogen (secondary N) is 2. The molecule has 3 aromatic rings. The number of furan rings is 1. The zero-order valence-electron chi connectivity index (χ0n) is 14.6. The van der Waals surface area contributed by atoms with E-state index >= 15 is 0 Å². The van der Waals surface area contributed by atoms with Gasteiger partial charge < -0.3 is 15.1 Å². The average molecular weight is 390 g/mol. The molecule has 1 aliphatic rings. The second-order valence-electron chi connectivity index (χ2n) is 6.52. The molecular formula is C19H17F3N4O2. The summed E-state index contributed by atoms with van der Waals surface area (Å²) < 4.78 is 46.9. The first-order valence-electron chi connectivity index (χ1n) is 8.70. The number of halogens is 3. The summed E-state index contributed by atoms with van der Waals surface area (Å²) in [6.45, 7) is 0.122. The molecule has 0 radical (unpaired) electrons. The fourth-order valence-electron chi connectivity index (χ4n) is 3.26. The molecule has 1 amide bonds. The smallest absolute Gasteiger partial charge is 0.410 e. The number of aromatic nitrogens is 2. The molecule has 4 rings (SSSR count). The molecule has 146 valence electrons. The molecule has 28 heavy (non-hydrogen) atoms. The highest BCUT2D eigenvalue weighted by Crippen LogP contribution is 2.43. The number of amides is 1. The predicted octanol–water partition coefficient (Wildman–Crippen LogP) is 4.07. The molecule has 0 spiro atoms. The van der Waals surface area contributed by atoms with Crippen LogP contribution in [-0.2, 0) is 6.54 Å². The first-order chi connectivity index (χ1) is 13.4. The highest BCUT2D eigenvalue weighted by Gasteiger charge is 2.46. The lowest BCUT2D eigenvalue weighted by molar-refractivity contribution is -0.173. The molecule has 0 saturated heterocycles. The summed E-state index contributed by atoms with van der Waals surface area (Å²) in [5, 5.41) is 9.57. The van der Waals surface area contributed by atoms with Crippen LogP contribution in [0.2, 0.25) is 0 Å². The van der Waals surface area contributed by atoms with E-state index in [0.717, 1.165) is 10.2 Å². The minimum absolute atomic E-state index is 0.0861. The molecule has 0 aliphatic carbocycles. The Morgan fingerprint density at radius 3 is 2.71 bits per heavy atom. The van der Waals surface area contributed by atoms with Crippen LogP contribution in [0, 0.1) is 0 Å². The van der Waals surface area contributed by atoms with E-state index in [0.29, 0.717) is 5.76 Å². The number of nitrogens with zero attached hydrogens (tertiary/aromatic N) is 2. The topological polar surface area (TPSA) is 72.1 Å². The van der Waals surface area contributed by atoms with Crippen molar-refractivity contribution in [3.63, 3.8) is 0 Å². The number of fused-ring (bicyclic) bond motifs is 1. The Kier molecular flexibility index (Phi) is 4.58. The summed E-state index contributed by atoms with van der Waals surface area (Å²) in [5.74, 6) is 0.121. The van der Waals surface area contributed by atoms with Crippen molar-refractivity contribution in [2.24, 2.45) is 0 Å². The standard InChI is InChI=1S/C19H17F3N4O2/c20-19(21,22)16-9-14(12-5-2-1-3-6-12)24-17-10-15(25-26(16)17)18(27)23-11-13-7-4-8-28-13/h1-8,10,14,16,24H,9,11H2,(H,23,27). The zero-order valence-corrected chi connectivity index (χ0v) is 14.6. The largest absolute Gasteiger partial charge is 0.467 e. The Balaban J connectivity index is 1.59. The van der Waals surface area contributed by atoms with Gasteiger partial charge in [0.2, 0.25) is 0 Å². The minimum atomic E-state index is -4.49. The number of hydrogen-bond acceptors (Lipinski definition) is 4. The van der Waals surface area contributed by atoms with Gasteiger partial charge in [-0.1, -0.05) is 30.3 Å². The van der Waals surface area contributed by atoms with Gasteiger partial charge in [0.05, 0.1) is 18.8 Å². The Labute approximate surface area is 158 Å². The van der Waals surface area contributed by atoms with Crippen LogP contribution in [0.4, 0.5) is 19.0 Å². The van der Waals surface area contributed by atoms with Crippen molar-refractivity contribution in [2.75, 3.05) is 5.32 Å². The van der Waals surface area contributed by atoms with Crippen LogP contribution < -0.4 is 10.6 Å². The van der Waals surface area contributed by atoms with E-state index in [-0.39, 0.29) is 24.5 Å². The molecule has 6 nitrogen and oxygen atoms in total. The Morgan fingerprint density at radius 2 is 2.04 bits per heavy atom. The van der Waals surface area contributed by atoms with Crippen LogP contribution in [0.25, 0.3) is 0 Å². The Bertz CT molecular complexity index is 951. The van der Waals surface area contributed by atoms with Crippen LogP contribution in [-0.4, -0.2) is 21.9 Å². The number of carbonyl (C=O) groups is 1. The second-order valence-corrected chi connectivity index (χ2v) is 6.52.